The summed E-state index contributed by atoms with van der Waals surface area (Å²) >= 11 is 0. The van der Waals surface area contributed by atoms with Gasteiger partial charge in [0.1, 0.15) is 5.82 Å². The van der Waals surface area contributed by atoms with Gasteiger partial charge in [-0.3, -0.25) is 0 Å². The Morgan fingerprint density at radius 3 is 2.67 bits per heavy atom. The van der Waals surface area contributed by atoms with E-state index in [4.69, 9.17) is 0 Å². The Hall–Kier alpha value is -1.61. The predicted molar refractivity (Wildman–Crippen MR) is 76.7 cm³/mol. The summed E-state index contributed by atoms with van der Waals surface area (Å²) in [6, 6.07) is 4.84. The molecule has 0 unspecified atom stereocenters. The van der Waals surface area contributed by atoms with Crippen LogP contribution in [0.25, 0.3) is 0 Å². The van der Waals surface area contributed by atoms with Crippen LogP contribution in [0.4, 0.5) is 5.82 Å². The Morgan fingerprint density at radius 1 is 1.33 bits per heavy atom. The molecule has 1 N–H and O–H groups in total. The first-order chi connectivity index (χ1) is 8.85. The van der Waals surface area contributed by atoms with Gasteiger partial charge in [-0.25, -0.2) is 4.98 Å². The average molecular weight is 243 g/mol. The van der Waals surface area contributed by atoms with Crippen molar-refractivity contribution < 1.29 is 0 Å². The van der Waals surface area contributed by atoms with E-state index in [2.05, 4.69) is 34.4 Å². The maximum atomic E-state index is 4.50. The summed E-state index contributed by atoms with van der Waals surface area (Å²) < 4.78 is 0. The van der Waals surface area contributed by atoms with Crippen LogP contribution in [-0.4, -0.2) is 24.1 Å². The topological polar surface area (TPSA) is 28.2 Å². The third-order valence-corrected chi connectivity index (χ3v) is 3.02. The van der Waals surface area contributed by atoms with Crippen LogP contribution in [0.5, 0.6) is 0 Å². The zero-order chi connectivity index (χ0) is 12.8. The summed E-state index contributed by atoms with van der Waals surface area (Å²) in [4.78, 5) is 6.69. The summed E-state index contributed by atoms with van der Waals surface area (Å²) in [6.45, 7) is 10.1. The lowest BCUT2D eigenvalue weighted by Crippen LogP contribution is -2.27. The number of aromatic nitrogens is 1. The molecule has 1 aromatic rings. The molecule has 0 bridgehead atoms. The zero-order valence-electron chi connectivity index (χ0n) is 10.8. The van der Waals surface area contributed by atoms with E-state index >= 15 is 0 Å². The Kier molecular flexibility index (Phi) is 4.53. The lowest BCUT2D eigenvalue weighted by Gasteiger charge is -2.23. The summed E-state index contributed by atoms with van der Waals surface area (Å²) in [5, 5.41) is 3.53. The molecule has 3 nitrogen and oxygen atoms in total. The van der Waals surface area contributed by atoms with Gasteiger partial charge in [-0.05, 0) is 18.9 Å². The third kappa shape index (κ3) is 3.44. The number of anilines is 1. The molecule has 2 rings (SSSR count). The number of nitrogens with one attached hydrogen (secondary N) is 1. The molecular weight excluding hydrogens is 222 g/mol. The molecule has 1 aliphatic carbocycles. The van der Waals surface area contributed by atoms with Gasteiger partial charge >= 0.3 is 0 Å². The molecule has 1 aromatic heterocycles. The second kappa shape index (κ2) is 6.36. The van der Waals surface area contributed by atoms with Crippen molar-refractivity contribution >= 4 is 5.82 Å². The Morgan fingerprint density at radius 2 is 2.06 bits per heavy atom. The highest BCUT2D eigenvalue weighted by atomic mass is 15.2. The minimum atomic E-state index is 0.713. The normalized spacial score (nSPS) is 14.2. The quantitative estimate of drug-likeness (QED) is 0.711. The maximum Gasteiger partial charge on any atom is 0.133 e. The van der Waals surface area contributed by atoms with Crippen LogP contribution in [0.3, 0.4) is 0 Å². The van der Waals surface area contributed by atoms with E-state index < -0.39 is 0 Å². The Labute approximate surface area is 109 Å². The molecule has 0 aromatic carbocycles. The Bertz CT molecular complexity index is 400. The summed E-state index contributed by atoms with van der Waals surface area (Å²) in [5.74, 6) is 1.03. The van der Waals surface area contributed by atoms with Crippen molar-refractivity contribution in [3.63, 3.8) is 0 Å². The highest BCUT2D eigenvalue weighted by molar-refractivity contribution is 5.47. The van der Waals surface area contributed by atoms with E-state index in [0.717, 1.165) is 25.5 Å². The van der Waals surface area contributed by atoms with Crippen LogP contribution in [0.1, 0.15) is 18.4 Å². The largest absolute Gasteiger partial charge is 0.349 e. The maximum absolute atomic E-state index is 4.50. The molecule has 0 radical (unpaired) electrons. The van der Waals surface area contributed by atoms with Gasteiger partial charge in [0, 0.05) is 37.4 Å². The summed E-state index contributed by atoms with van der Waals surface area (Å²) in [6.07, 6.45) is 8.25. The fourth-order valence-corrected chi connectivity index (χ4v) is 1.95. The van der Waals surface area contributed by atoms with Crippen LogP contribution < -0.4 is 10.2 Å². The van der Waals surface area contributed by atoms with Crippen molar-refractivity contribution in [3.8, 4) is 0 Å². The van der Waals surface area contributed by atoms with E-state index in [1.165, 1.54) is 18.4 Å². The van der Waals surface area contributed by atoms with E-state index in [-0.39, 0.29) is 0 Å². The van der Waals surface area contributed by atoms with Gasteiger partial charge in [-0.1, -0.05) is 18.2 Å². The van der Waals surface area contributed by atoms with Crippen LogP contribution in [0, 0.1) is 0 Å². The van der Waals surface area contributed by atoms with Crippen molar-refractivity contribution in [2.75, 3.05) is 18.0 Å². The first-order valence-electron chi connectivity index (χ1n) is 6.49. The van der Waals surface area contributed by atoms with Crippen molar-refractivity contribution in [3.05, 3.63) is 49.2 Å². The molecule has 3 heteroatoms. The molecule has 0 aliphatic heterocycles. The van der Waals surface area contributed by atoms with E-state index in [1.54, 1.807) is 0 Å². The molecule has 1 heterocycles. The standard InChI is InChI=1S/C15H21N3/c1-3-10-18(11-4-2)15-13(6-5-9-16-15)12-17-14-7-8-14/h3-6,9,14,17H,1-2,7-8,10-12H2. The SMILES string of the molecule is C=CCN(CC=C)c1ncccc1CNC1CC1. The van der Waals surface area contributed by atoms with Crippen LogP contribution in [-0.2, 0) is 6.54 Å². The van der Waals surface area contributed by atoms with Gasteiger partial charge in [0.15, 0.2) is 0 Å². The first kappa shape index (κ1) is 12.8. The van der Waals surface area contributed by atoms with Gasteiger partial charge in [0.25, 0.3) is 0 Å². The number of rotatable bonds is 8. The highest BCUT2D eigenvalue weighted by Crippen LogP contribution is 2.22. The smallest absolute Gasteiger partial charge is 0.133 e. The monoisotopic (exact) mass is 243 g/mol. The van der Waals surface area contributed by atoms with Crippen LogP contribution >= 0.6 is 0 Å². The molecule has 0 saturated heterocycles. The van der Waals surface area contributed by atoms with E-state index in [1.807, 2.05) is 24.4 Å². The van der Waals surface area contributed by atoms with Gasteiger partial charge in [0.05, 0.1) is 0 Å². The summed E-state index contributed by atoms with van der Waals surface area (Å²) in [7, 11) is 0. The second-order valence-electron chi connectivity index (χ2n) is 4.62. The number of hydrogen-bond acceptors (Lipinski definition) is 3. The number of nitrogens with zero attached hydrogens (tertiary/aromatic N) is 2. The van der Waals surface area contributed by atoms with Crippen molar-refractivity contribution in [2.24, 2.45) is 0 Å². The lowest BCUT2D eigenvalue weighted by atomic mass is 10.2. The van der Waals surface area contributed by atoms with Crippen LogP contribution in [0.2, 0.25) is 0 Å². The molecule has 0 spiro atoms. The van der Waals surface area contributed by atoms with Crippen molar-refractivity contribution in [1.82, 2.24) is 10.3 Å². The van der Waals surface area contributed by atoms with Crippen molar-refractivity contribution in [1.29, 1.82) is 0 Å². The van der Waals surface area contributed by atoms with Crippen LogP contribution in [0.15, 0.2) is 43.6 Å². The first-order valence-corrected chi connectivity index (χ1v) is 6.49. The zero-order valence-corrected chi connectivity index (χ0v) is 10.8. The average Bonchev–Trinajstić information content (AvgIpc) is 3.21. The number of hydrogen-bond donors (Lipinski definition) is 1. The molecule has 0 atom stereocenters. The van der Waals surface area contributed by atoms with Gasteiger partial charge < -0.3 is 10.2 Å². The second-order valence-corrected chi connectivity index (χ2v) is 4.62. The van der Waals surface area contributed by atoms with Gasteiger partial charge in [0.2, 0.25) is 0 Å². The lowest BCUT2D eigenvalue weighted by molar-refractivity contribution is 0.683. The Balaban J connectivity index is 2.11. The fourth-order valence-electron chi connectivity index (χ4n) is 1.95. The molecule has 0 amide bonds. The van der Waals surface area contributed by atoms with Gasteiger partial charge in [-0.15, -0.1) is 13.2 Å². The molecule has 96 valence electrons. The molecule has 18 heavy (non-hydrogen) atoms. The fraction of sp³-hybridized carbons (Fsp3) is 0.400. The molecule has 1 saturated carbocycles. The molecule has 1 aliphatic rings. The minimum absolute atomic E-state index is 0.713. The van der Waals surface area contributed by atoms with Crippen molar-refractivity contribution in [2.45, 2.75) is 25.4 Å². The van der Waals surface area contributed by atoms with E-state index in [0.29, 0.717) is 6.04 Å². The molecular formula is C15H21N3. The summed E-state index contributed by atoms with van der Waals surface area (Å²) in [5.41, 5.74) is 1.24. The highest BCUT2D eigenvalue weighted by Gasteiger charge is 2.21. The van der Waals surface area contributed by atoms with E-state index in [9.17, 15) is 0 Å². The molecule has 1 fully saturated rings. The number of pyridine rings is 1. The third-order valence-electron chi connectivity index (χ3n) is 3.02. The van der Waals surface area contributed by atoms with Gasteiger partial charge in [-0.2, -0.15) is 0 Å². The minimum Gasteiger partial charge on any atom is -0.349 e. The predicted octanol–water partition coefficient (Wildman–Crippen LogP) is 2.51.